The fraction of sp³-hybridized carbons (Fsp3) is 0.182. The molecule has 0 spiro atoms. The van der Waals surface area contributed by atoms with Crippen LogP contribution in [0.1, 0.15) is 31.8 Å². The normalized spacial score (nSPS) is 9.95. The number of phenols is 1. The molecule has 0 bridgehead atoms. The summed E-state index contributed by atoms with van der Waals surface area (Å²) in [6, 6.07) is 40.0. The number of benzene rings is 6. The first-order valence-electron chi connectivity index (χ1n) is 21.9. The second-order valence-electron chi connectivity index (χ2n) is 15.7. The summed E-state index contributed by atoms with van der Waals surface area (Å²) in [6.45, 7) is -0.237. The maximum atomic E-state index is 13.7. The van der Waals surface area contributed by atoms with Crippen LogP contribution >= 0.6 is 34.3 Å². The number of carbonyl (C=O) groups excluding carboxylic acids is 5. The van der Waals surface area contributed by atoms with Gasteiger partial charge in [-0.05, 0) is 145 Å². The van der Waals surface area contributed by atoms with E-state index in [0.29, 0.717) is 28.0 Å². The van der Waals surface area contributed by atoms with Gasteiger partial charge >= 0.3 is 51.4 Å². The molecule has 0 fully saturated rings. The Hall–Kier alpha value is -4.69. The predicted molar refractivity (Wildman–Crippen MR) is 289 cm³/mol. The Morgan fingerprint density at radius 3 is 1.23 bits per heavy atom. The van der Waals surface area contributed by atoms with Gasteiger partial charge in [-0.3, -0.25) is 24.0 Å². The number of thiophene rings is 2. The van der Waals surface area contributed by atoms with Crippen molar-refractivity contribution < 1.29 is 114 Å². The van der Waals surface area contributed by atoms with E-state index in [1.165, 1.54) is 21.9 Å². The molecular formula is C55H52ClK2N2O13S2. The molecule has 2 aromatic heterocycles. The van der Waals surface area contributed by atoms with Gasteiger partial charge in [0.1, 0.15) is 40.4 Å². The molecule has 2 heterocycles. The van der Waals surface area contributed by atoms with Gasteiger partial charge in [-0.25, -0.2) is 0 Å². The zero-order valence-corrected chi connectivity index (χ0v) is 51.8. The number of likely N-dealkylation sites (N-methyl/N-ethyl adjacent to an activating group) is 1. The van der Waals surface area contributed by atoms with Gasteiger partial charge in [0.2, 0.25) is 5.91 Å². The quantitative estimate of drug-likeness (QED) is 0.0306. The number of ether oxygens (including phenoxy) is 5. The van der Waals surface area contributed by atoms with Crippen molar-refractivity contribution in [3.63, 3.8) is 0 Å². The largest absolute Gasteiger partial charge is 1.00 e. The minimum atomic E-state index is -0.181. The third-order valence-electron chi connectivity index (χ3n) is 10.7. The van der Waals surface area contributed by atoms with E-state index in [1.54, 1.807) is 116 Å². The van der Waals surface area contributed by atoms with Gasteiger partial charge < -0.3 is 48.7 Å². The number of rotatable bonds is 15. The monoisotopic (exact) mass is 1130 g/mol. The van der Waals surface area contributed by atoms with Crippen LogP contribution in [0.4, 0.5) is 0 Å². The second-order valence-corrected chi connectivity index (χ2v) is 18.1. The maximum absolute atomic E-state index is 13.7. The standard InChI is InChI=1S/C27H25NO5S.C23H18O4S.C4H8ClNO.CH2O3.2K/c1-28(2)24(29)16-33-20-11-5-17(6-12-20)26(30)25-22-14-13-21(32-4)15-23(22)34-27(25)18-7-9-19(31-3)10-8-18;1-26-17-9-5-15(6-10-17)23-21(22(25)14-3-7-16(24)8-4-14)19-12-11-18(27-2)13-20(19)28-23;1-6(2)4(7)3-5;2-1-4-3;;/h5-15H,16H2,1-4H3;3-13,24H,1-2H3;3H2,1-2H3;1,3H;;/q;;;;;+1/p-1. The van der Waals surface area contributed by atoms with E-state index in [4.69, 9.17) is 45.3 Å². The number of fused-ring (bicyclic) bond motifs is 2. The Balaban J connectivity index is 0.000000326. The number of aromatic hydroxyl groups is 1. The smallest absolute Gasteiger partial charge is 0.662 e. The molecule has 0 atom stereocenters. The van der Waals surface area contributed by atoms with Crippen LogP contribution < -0.4 is 80.3 Å². The van der Waals surface area contributed by atoms with E-state index in [9.17, 15) is 24.3 Å². The fourth-order valence-corrected chi connectivity index (χ4v) is 9.45. The number of amides is 2. The topological polar surface area (TPSA) is 191 Å². The molecule has 1 N–H and O–H groups in total. The van der Waals surface area contributed by atoms with Crippen molar-refractivity contribution in [2.45, 2.75) is 0 Å². The van der Waals surface area contributed by atoms with Crippen LogP contribution in [0.3, 0.4) is 0 Å². The van der Waals surface area contributed by atoms with E-state index in [0.717, 1.165) is 64.1 Å². The van der Waals surface area contributed by atoms with Crippen LogP contribution in [0.2, 0.25) is 0 Å². The number of methoxy groups -OCH3 is 4. The van der Waals surface area contributed by atoms with E-state index in [1.807, 2.05) is 84.9 Å². The third-order valence-corrected chi connectivity index (χ3v) is 13.3. The van der Waals surface area contributed by atoms with Crippen LogP contribution in [-0.4, -0.2) is 165 Å². The molecule has 0 aliphatic carbocycles. The summed E-state index contributed by atoms with van der Waals surface area (Å²) in [5.41, 5.74) is 4.25. The zero-order valence-electron chi connectivity index (χ0n) is 43.1. The Bertz CT molecular complexity index is 3150. The molecular weight excluding hydrogens is 1070 g/mol. The molecule has 75 heavy (non-hydrogen) atoms. The zero-order chi connectivity index (χ0) is 53.2. The summed E-state index contributed by atoms with van der Waals surface area (Å²) in [5, 5.41) is 19.7. The van der Waals surface area contributed by atoms with Gasteiger partial charge in [0.05, 0.1) is 28.4 Å². The van der Waals surface area contributed by atoms with E-state index in [-0.39, 0.29) is 151 Å². The molecule has 381 valence electrons. The molecule has 0 saturated carbocycles. The molecule has 8 rings (SSSR count). The first kappa shape index (κ1) is 64.6. The van der Waals surface area contributed by atoms with Crippen molar-refractivity contribution in [2.24, 2.45) is 0 Å². The van der Waals surface area contributed by atoms with Crippen LogP contribution in [-0.2, 0) is 19.3 Å². The van der Waals surface area contributed by atoms with Crippen molar-refractivity contribution >= 4 is 136 Å². The molecule has 15 nitrogen and oxygen atoms in total. The average Bonchev–Trinajstić information content (AvgIpc) is 4.01. The van der Waals surface area contributed by atoms with Crippen LogP contribution in [0, 0.1) is 0 Å². The van der Waals surface area contributed by atoms with E-state index < -0.39 is 0 Å². The molecule has 8 aromatic rings. The van der Waals surface area contributed by atoms with E-state index in [2.05, 4.69) is 4.89 Å². The minimum Gasteiger partial charge on any atom is -0.662 e. The SMILES string of the molecule is CN(C)C(=O)CCl.COc1ccc(-c2sc3cc(OC)ccc3c2C(=O)c2ccc(O)cc2)cc1.COc1ccc(-c2sc3cc(OC)ccc3c2C(=O)c2ccc(OCC(=O)N(C)C)cc2)cc1.O=CO[O-].[K+].[K]. The predicted octanol–water partition coefficient (Wildman–Crippen LogP) is 6.18. The van der Waals surface area contributed by atoms with Gasteiger partial charge in [0, 0.05) is 132 Å². The summed E-state index contributed by atoms with van der Waals surface area (Å²) < 4.78 is 28.7. The van der Waals surface area contributed by atoms with Crippen molar-refractivity contribution in [2.75, 3.05) is 69.1 Å². The summed E-state index contributed by atoms with van der Waals surface area (Å²) in [7, 11) is 13.2. The average molecular weight is 1130 g/mol. The number of ketones is 2. The molecule has 0 unspecified atom stereocenters. The third kappa shape index (κ3) is 17.7. The summed E-state index contributed by atoms with van der Waals surface area (Å²) >= 11 is 8.26. The number of hydrogen-bond donors (Lipinski definition) is 1. The summed E-state index contributed by atoms with van der Waals surface area (Å²) in [5.74, 6) is 3.38. The maximum Gasteiger partial charge on any atom is 1.00 e. The second kappa shape index (κ2) is 32.1. The van der Waals surface area contributed by atoms with Crippen molar-refractivity contribution in [3.05, 3.63) is 156 Å². The number of nitrogens with zero attached hydrogens (tertiary/aromatic N) is 2. The van der Waals surface area contributed by atoms with Gasteiger partial charge in [0.15, 0.2) is 18.2 Å². The number of phenolic OH excluding ortho intramolecular Hbond substituents is 1. The molecule has 6 aromatic carbocycles. The number of halogens is 1. The van der Waals surface area contributed by atoms with Crippen LogP contribution in [0.5, 0.6) is 34.5 Å². The van der Waals surface area contributed by atoms with Crippen molar-refractivity contribution in [1.82, 2.24) is 9.80 Å². The van der Waals surface area contributed by atoms with Gasteiger partial charge in [-0.1, -0.05) is 0 Å². The molecule has 0 saturated heterocycles. The fourth-order valence-electron chi connectivity index (χ4n) is 6.75. The molecule has 0 aliphatic heterocycles. The molecule has 20 heteroatoms. The van der Waals surface area contributed by atoms with Crippen molar-refractivity contribution in [1.29, 1.82) is 0 Å². The number of hydrogen-bond acceptors (Lipinski definition) is 15. The number of alkyl halides is 1. The van der Waals surface area contributed by atoms with Gasteiger partial charge in [0.25, 0.3) is 12.4 Å². The molecule has 1 radical (unpaired) electrons. The molecule has 0 aliphatic rings. The minimum absolute atomic E-state index is 0. The first-order valence-corrected chi connectivity index (χ1v) is 24.1. The Morgan fingerprint density at radius 2 is 0.907 bits per heavy atom. The number of carbonyl (C=O) groups is 5. The Labute approximate surface area is 533 Å². The van der Waals surface area contributed by atoms with Crippen LogP contribution in [0.15, 0.2) is 133 Å². The van der Waals surface area contributed by atoms with Crippen LogP contribution in [0.25, 0.3) is 41.1 Å². The van der Waals surface area contributed by atoms with Crippen molar-refractivity contribution in [3.8, 4) is 55.4 Å². The summed E-state index contributed by atoms with van der Waals surface area (Å²) in [4.78, 5) is 65.1. The molecule has 2 amide bonds. The Kier molecular flexibility index (Phi) is 27.7. The van der Waals surface area contributed by atoms with Gasteiger partial charge in [-0.15, -0.1) is 34.3 Å². The first-order chi connectivity index (χ1) is 35.1. The van der Waals surface area contributed by atoms with E-state index >= 15 is 0 Å². The Morgan fingerprint density at radius 1 is 0.560 bits per heavy atom. The summed E-state index contributed by atoms with van der Waals surface area (Å²) in [6.07, 6.45) is 0. The van der Waals surface area contributed by atoms with Gasteiger partial charge in [-0.2, -0.15) is 0 Å².